The molecule has 0 aliphatic carbocycles. The Labute approximate surface area is 62.3 Å². The second-order valence-corrected chi connectivity index (χ2v) is 2.14. The van der Waals surface area contributed by atoms with E-state index in [4.69, 9.17) is 0 Å². The lowest BCUT2D eigenvalue weighted by Gasteiger charge is -1.96. The van der Waals surface area contributed by atoms with Gasteiger partial charge in [0.25, 0.3) is 0 Å². The Balaban J connectivity index is 3.22. The second kappa shape index (κ2) is 6.49. The molecule has 0 radical (unpaired) electrons. The third-order valence-corrected chi connectivity index (χ3v) is 1.08. The van der Waals surface area contributed by atoms with Gasteiger partial charge in [-0.05, 0) is 26.0 Å². The summed E-state index contributed by atoms with van der Waals surface area (Å²) in [5.74, 6) is 0.149. The number of hydrogen-bond acceptors (Lipinski definition) is 2. The first-order valence-corrected chi connectivity index (χ1v) is 3.67. The van der Waals surface area contributed by atoms with Gasteiger partial charge in [0.1, 0.15) is 0 Å². The molecule has 0 spiro atoms. The molecule has 0 saturated heterocycles. The highest BCUT2D eigenvalue weighted by Gasteiger charge is 1.91. The van der Waals surface area contributed by atoms with Crippen LogP contribution in [0.2, 0.25) is 0 Å². The number of carbonyl (C=O) groups excluding carboxylic acids is 1. The van der Waals surface area contributed by atoms with Crippen molar-refractivity contribution in [2.75, 3.05) is 13.1 Å². The Hall–Kier alpha value is -0.630. The van der Waals surface area contributed by atoms with Crippen molar-refractivity contribution in [3.05, 3.63) is 12.2 Å². The van der Waals surface area contributed by atoms with Crippen molar-refractivity contribution < 1.29 is 4.79 Å². The maximum atomic E-state index is 10.8. The van der Waals surface area contributed by atoms with Crippen LogP contribution in [-0.2, 0) is 4.79 Å². The average molecular weight is 141 g/mol. The molecule has 0 aromatic heterocycles. The number of nitrogens with one attached hydrogen (secondary N) is 1. The van der Waals surface area contributed by atoms with Gasteiger partial charge in [-0.2, -0.15) is 0 Å². The Morgan fingerprint density at radius 3 is 2.80 bits per heavy atom. The zero-order chi connectivity index (χ0) is 7.82. The van der Waals surface area contributed by atoms with E-state index in [0.29, 0.717) is 6.54 Å². The summed E-state index contributed by atoms with van der Waals surface area (Å²) in [7, 11) is 0. The minimum Gasteiger partial charge on any atom is -0.310 e. The lowest BCUT2D eigenvalue weighted by atomic mass is 10.3. The summed E-state index contributed by atoms with van der Waals surface area (Å²) in [6.45, 7) is 5.31. The molecular formula is C8H15NO. The molecule has 0 atom stereocenters. The van der Waals surface area contributed by atoms with E-state index in [9.17, 15) is 4.79 Å². The molecule has 0 heterocycles. The summed E-state index contributed by atoms with van der Waals surface area (Å²) in [4.78, 5) is 10.8. The lowest BCUT2D eigenvalue weighted by molar-refractivity contribution is -0.113. The Bertz CT molecular complexity index is 118. The minimum absolute atomic E-state index is 0.149. The molecule has 0 bridgehead atoms. The van der Waals surface area contributed by atoms with E-state index in [1.54, 1.807) is 12.2 Å². The molecular weight excluding hydrogens is 126 g/mol. The monoisotopic (exact) mass is 141 g/mol. The smallest absolute Gasteiger partial charge is 0.169 e. The summed E-state index contributed by atoms with van der Waals surface area (Å²) in [6.07, 6.45) is 4.42. The van der Waals surface area contributed by atoms with Crippen molar-refractivity contribution in [1.29, 1.82) is 0 Å². The van der Waals surface area contributed by atoms with Gasteiger partial charge < -0.3 is 5.32 Å². The zero-order valence-electron chi connectivity index (χ0n) is 6.68. The van der Waals surface area contributed by atoms with Gasteiger partial charge >= 0.3 is 0 Å². The van der Waals surface area contributed by atoms with Crippen LogP contribution in [0.25, 0.3) is 0 Å². The maximum Gasteiger partial charge on any atom is 0.169 e. The van der Waals surface area contributed by atoms with Crippen LogP contribution >= 0.6 is 0 Å². The van der Waals surface area contributed by atoms with E-state index in [-0.39, 0.29) is 5.78 Å². The Morgan fingerprint density at radius 2 is 2.30 bits per heavy atom. The van der Waals surface area contributed by atoms with E-state index in [2.05, 4.69) is 12.2 Å². The van der Waals surface area contributed by atoms with E-state index >= 15 is 0 Å². The number of ketones is 1. The predicted molar refractivity (Wildman–Crippen MR) is 43.0 cm³/mol. The number of carbonyl (C=O) groups is 1. The molecule has 2 heteroatoms. The fraction of sp³-hybridized carbons (Fsp3) is 0.625. The standard InChI is InChI=1S/C8H15NO/c1-3-5-8(10)7-9-6-4-2/h3,5,9H,4,6-7H2,1-2H3. The van der Waals surface area contributed by atoms with Crippen LogP contribution in [0.15, 0.2) is 12.2 Å². The molecule has 0 aliphatic heterocycles. The topological polar surface area (TPSA) is 29.1 Å². The number of rotatable bonds is 5. The maximum absolute atomic E-state index is 10.8. The largest absolute Gasteiger partial charge is 0.310 e. The minimum atomic E-state index is 0.149. The SMILES string of the molecule is CC=CC(=O)CNCCC. The molecule has 0 fully saturated rings. The predicted octanol–water partition coefficient (Wildman–Crippen LogP) is 1.13. The van der Waals surface area contributed by atoms with Gasteiger partial charge in [0.05, 0.1) is 6.54 Å². The van der Waals surface area contributed by atoms with Crippen molar-refractivity contribution in [2.45, 2.75) is 20.3 Å². The van der Waals surface area contributed by atoms with Gasteiger partial charge in [-0.25, -0.2) is 0 Å². The Kier molecular flexibility index (Phi) is 6.08. The normalized spacial score (nSPS) is 10.6. The van der Waals surface area contributed by atoms with Crippen molar-refractivity contribution >= 4 is 5.78 Å². The highest BCUT2D eigenvalue weighted by Crippen LogP contribution is 1.75. The summed E-state index contributed by atoms with van der Waals surface area (Å²) in [5.41, 5.74) is 0. The van der Waals surface area contributed by atoms with E-state index in [1.165, 1.54) is 0 Å². The van der Waals surface area contributed by atoms with Gasteiger partial charge in [-0.1, -0.05) is 13.0 Å². The molecule has 0 saturated carbocycles. The van der Waals surface area contributed by atoms with Gasteiger partial charge in [-0.3, -0.25) is 4.79 Å². The fourth-order valence-corrected chi connectivity index (χ4v) is 0.633. The van der Waals surface area contributed by atoms with E-state index < -0.39 is 0 Å². The van der Waals surface area contributed by atoms with Crippen molar-refractivity contribution in [2.24, 2.45) is 0 Å². The van der Waals surface area contributed by atoms with Crippen LogP contribution in [0, 0.1) is 0 Å². The zero-order valence-corrected chi connectivity index (χ0v) is 6.68. The first kappa shape index (κ1) is 9.37. The van der Waals surface area contributed by atoms with Gasteiger partial charge in [-0.15, -0.1) is 0 Å². The quantitative estimate of drug-likeness (QED) is 0.459. The molecule has 0 rings (SSSR count). The van der Waals surface area contributed by atoms with Crippen molar-refractivity contribution in [3.63, 3.8) is 0 Å². The van der Waals surface area contributed by atoms with Gasteiger partial charge in [0.15, 0.2) is 5.78 Å². The summed E-state index contributed by atoms with van der Waals surface area (Å²) in [6, 6.07) is 0. The third-order valence-electron chi connectivity index (χ3n) is 1.08. The third kappa shape index (κ3) is 5.51. The molecule has 0 aromatic carbocycles. The van der Waals surface area contributed by atoms with Gasteiger partial charge in [0.2, 0.25) is 0 Å². The van der Waals surface area contributed by atoms with Crippen LogP contribution in [0.3, 0.4) is 0 Å². The lowest BCUT2D eigenvalue weighted by Crippen LogP contribution is -2.21. The first-order chi connectivity index (χ1) is 4.81. The van der Waals surface area contributed by atoms with Gasteiger partial charge in [0, 0.05) is 0 Å². The van der Waals surface area contributed by atoms with Crippen LogP contribution in [0.1, 0.15) is 20.3 Å². The Morgan fingerprint density at radius 1 is 1.60 bits per heavy atom. The van der Waals surface area contributed by atoms with E-state index in [0.717, 1.165) is 13.0 Å². The average Bonchev–Trinajstić information content (AvgIpc) is 1.89. The highest BCUT2D eigenvalue weighted by molar-refractivity contribution is 5.91. The first-order valence-electron chi connectivity index (χ1n) is 3.67. The molecule has 0 aromatic rings. The van der Waals surface area contributed by atoms with Crippen molar-refractivity contribution in [3.8, 4) is 0 Å². The molecule has 0 amide bonds. The molecule has 10 heavy (non-hydrogen) atoms. The number of allylic oxidation sites excluding steroid dienone is 1. The van der Waals surface area contributed by atoms with E-state index in [1.807, 2.05) is 6.92 Å². The molecule has 0 aliphatic rings. The molecule has 1 N–H and O–H groups in total. The van der Waals surface area contributed by atoms with Crippen LogP contribution in [0.5, 0.6) is 0 Å². The molecule has 0 unspecified atom stereocenters. The molecule has 58 valence electrons. The summed E-state index contributed by atoms with van der Waals surface area (Å²) < 4.78 is 0. The fourth-order valence-electron chi connectivity index (χ4n) is 0.633. The summed E-state index contributed by atoms with van der Waals surface area (Å²) in [5, 5.41) is 3.02. The van der Waals surface area contributed by atoms with Crippen molar-refractivity contribution in [1.82, 2.24) is 5.32 Å². The second-order valence-electron chi connectivity index (χ2n) is 2.14. The summed E-state index contributed by atoms with van der Waals surface area (Å²) >= 11 is 0. The van der Waals surface area contributed by atoms with Crippen LogP contribution in [-0.4, -0.2) is 18.9 Å². The highest BCUT2D eigenvalue weighted by atomic mass is 16.1. The van der Waals surface area contributed by atoms with Crippen LogP contribution < -0.4 is 5.32 Å². The van der Waals surface area contributed by atoms with Crippen LogP contribution in [0.4, 0.5) is 0 Å². The molecule has 2 nitrogen and oxygen atoms in total. The number of hydrogen-bond donors (Lipinski definition) is 1.